The molecule has 0 saturated carbocycles. The number of hydrogen-bond acceptors (Lipinski definition) is 3. The van der Waals surface area contributed by atoms with Crippen LogP contribution in [-0.4, -0.2) is 16.1 Å². The third kappa shape index (κ3) is 4.10. The van der Waals surface area contributed by atoms with E-state index < -0.39 is 0 Å². The minimum atomic E-state index is -0.135. The van der Waals surface area contributed by atoms with Gasteiger partial charge in [0.25, 0.3) is 5.91 Å². The van der Waals surface area contributed by atoms with E-state index in [1.54, 1.807) is 17.8 Å². The van der Waals surface area contributed by atoms with Crippen LogP contribution in [0.15, 0.2) is 47.4 Å². The Bertz CT molecular complexity index is 594. The number of amides is 1. The maximum Gasteiger partial charge on any atom is 0.256 e. The minimum absolute atomic E-state index is 0.135. The molecule has 0 fully saturated rings. The molecule has 0 aliphatic carbocycles. The molecule has 0 atom stereocenters. The fraction of sp³-hybridized carbons (Fsp3) is 0.250. The molecule has 0 bridgehead atoms. The van der Waals surface area contributed by atoms with Crippen LogP contribution in [0.2, 0.25) is 0 Å². The average molecular weight is 286 g/mol. The van der Waals surface area contributed by atoms with Crippen molar-refractivity contribution < 1.29 is 4.79 Å². The van der Waals surface area contributed by atoms with E-state index in [-0.39, 0.29) is 5.91 Å². The third-order valence-corrected chi connectivity index (χ3v) is 3.63. The molecule has 0 saturated heterocycles. The van der Waals surface area contributed by atoms with E-state index in [1.807, 2.05) is 43.3 Å². The Labute approximate surface area is 123 Å². The molecule has 104 valence electrons. The Morgan fingerprint density at radius 1 is 1.15 bits per heavy atom. The number of aryl methyl sites for hydroxylation is 1. The minimum Gasteiger partial charge on any atom is -0.307 e. The number of carbonyl (C=O) groups is 1. The Morgan fingerprint density at radius 2 is 1.85 bits per heavy atom. The van der Waals surface area contributed by atoms with Gasteiger partial charge in [-0.1, -0.05) is 19.9 Å². The van der Waals surface area contributed by atoms with Crippen LogP contribution in [0.25, 0.3) is 0 Å². The number of aromatic nitrogens is 1. The van der Waals surface area contributed by atoms with Crippen LogP contribution in [0.5, 0.6) is 0 Å². The van der Waals surface area contributed by atoms with Gasteiger partial charge in [0, 0.05) is 21.4 Å². The summed E-state index contributed by atoms with van der Waals surface area (Å²) < 4.78 is 0. The van der Waals surface area contributed by atoms with Gasteiger partial charge in [-0.3, -0.25) is 4.79 Å². The Balaban J connectivity index is 2.06. The highest BCUT2D eigenvalue weighted by Crippen LogP contribution is 2.23. The van der Waals surface area contributed by atoms with Crippen molar-refractivity contribution in [3.63, 3.8) is 0 Å². The quantitative estimate of drug-likeness (QED) is 0.859. The Kier molecular flexibility index (Phi) is 4.79. The lowest BCUT2D eigenvalue weighted by molar-refractivity contribution is 0.102. The van der Waals surface area contributed by atoms with Crippen molar-refractivity contribution in [2.45, 2.75) is 30.9 Å². The fourth-order valence-corrected chi connectivity index (χ4v) is 2.60. The summed E-state index contributed by atoms with van der Waals surface area (Å²) in [6, 6.07) is 13.2. The van der Waals surface area contributed by atoms with Gasteiger partial charge in [-0.15, -0.1) is 11.8 Å². The van der Waals surface area contributed by atoms with Crippen LogP contribution in [0.3, 0.4) is 0 Å². The number of nitrogens with one attached hydrogen (secondary N) is 1. The van der Waals surface area contributed by atoms with Crippen molar-refractivity contribution in [1.82, 2.24) is 4.98 Å². The first-order chi connectivity index (χ1) is 9.54. The predicted molar refractivity (Wildman–Crippen MR) is 84.4 cm³/mol. The van der Waals surface area contributed by atoms with Gasteiger partial charge in [-0.2, -0.15) is 0 Å². The van der Waals surface area contributed by atoms with Crippen LogP contribution < -0.4 is 5.32 Å². The van der Waals surface area contributed by atoms with Crippen LogP contribution in [0.4, 0.5) is 5.82 Å². The summed E-state index contributed by atoms with van der Waals surface area (Å²) in [5.74, 6) is 0.444. The lowest BCUT2D eigenvalue weighted by Gasteiger charge is -2.07. The van der Waals surface area contributed by atoms with Gasteiger partial charge < -0.3 is 5.32 Å². The van der Waals surface area contributed by atoms with E-state index in [4.69, 9.17) is 0 Å². The second kappa shape index (κ2) is 6.57. The molecule has 0 unspecified atom stereocenters. The molecule has 1 amide bonds. The van der Waals surface area contributed by atoms with Crippen LogP contribution in [0.1, 0.15) is 29.9 Å². The smallest absolute Gasteiger partial charge is 0.256 e. The van der Waals surface area contributed by atoms with E-state index in [1.165, 1.54) is 4.90 Å². The maximum absolute atomic E-state index is 12.1. The molecule has 3 nitrogen and oxygen atoms in total. The molecule has 1 N–H and O–H groups in total. The molecular weight excluding hydrogens is 268 g/mol. The first-order valence-electron chi connectivity index (χ1n) is 6.56. The first-order valence-corrected chi connectivity index (χ1v) is 7.44. The SMILES string of the molecule is Cc1cccc(NC(=O)c2ccc(SC(C)C)cc2)n1. The number of anilines is 1. The highest BCUT2D eigenvalue weighted by atomic mass is 32.2. The molecule has 0 spiro atoms. The summed E-state index contributed by atoms with van der Waals surface area (Å²) in [4.78, 5) is 17.5. The molecule has 20 heavy (non-hydrogen) atoms. The highest BCUT2D eigenvalue weighted by molar-refractivity contribution is 7.99. The van der Waals surface area contributed by atoms with Gasteiger partial charge in [0.2, 0.25) is 0 Å². The maximum atomic E-state index is 12.1. The van der Waals surface area contributed by atoms with E-state index in [0.29, 0.717) is 16.6 Å². The van der Waals surface area contributed by atoms with Crippen LogP contribution in [0, 0.1) is 6.92 Å². The number of rotatable bonds is 4. The van der Waals surface area contributed by atoms with Gasteiger partial charge >= 0.3 is 0 Å². The number of carbonyl (C=O) groups excluding carboxylic acids is 1. The third-order valence-electron chi connectivity index (χ3n) is 2.62. The molecule has 1 aromatic carbocycles. The molecular formula is C16H18N2OS. The Morgan fingerprint density at radius 3 is 2.45 bits per heavy atom. The lowest BCUT2D eigenvalue weighted by atomic mass is 10.2. The van der Waals surface area contributed by atoms with Gasteiger partial charge in [0.15, 0.2) is 0 Å². The van der Waals surface area contributed by atoms with Crippen molar-refractivity contribution in [2.24, 2.45) is 0 Å². The molecule has 1 heterocycles. The molecule has 0 aliphatic heterocycles. The van der Waals surface area contributed by atoms with Gasteiger partial charge in [-0.25, -0.2) is 4.98 Å². The van der Waals surface area contributed by atoms with Gasteiger partial charge in [0.05, 0.1) is 0 Å². The van der Waals surface area contributed by atoms with Crippen molar-refractivity contribution in [3.05, 3.63) is 53.7 Å². The number of thioether (sulfide) groups is 1. The fourth-order valence-electron chi connectivity index (χ4n) is 1.76. The second-order valence-electron chi connectivity index (χ2n) is 4.81. The average Bonchev–Trinajstić information content (AvgIpc) is 2.38. The number of nitrogens with zero attached hydrogens (tertiary/aromatic N) is 1. The molecule has 0 radical (unpaired) electrons. The normalized spacial score (nSPS) is 10.6. The summed E-state index contributed by atoms with van der Waals surface area (Å²) in [6.07, 6.45) is 0. The van der Waals surface area contributed by atoms with Gasteiger partial charge in [-0.05, 0) is 43.3 Å². The first kappa shape index (κ1) is 14.6. The largest absolute Gasteiger partial charge is 0.307 e. The van der Waals surface area contributed by atoms with Crippen LogP contribution in [-0.2, 0) is 0 Å². The second-order valence-corrected chi connectivity index (χ2v) is 6.46. The zero-order valence-corrected chi connectivity index (χ0v) is 12.7. The van der Waals surface area contributed by atoms with Crippen molar-refractivity contribution in [2.75, 3.05) is 5.32 Å². The van der Waals surface area contributed by atoms with Crippen molar-refractivity contribution in [1.29, 1.82) is 0 Å². The van der Waals surface area contributed by atoms with Gasteiger partial charge in [0.1, 0.15) is 5.82 Å². The van der Waals surface area contributed by atoms with Crippen molar-refractivity contribution in [3.8, 4) is 0 Å². The predicted octanol–water partition coefficient (Wildman–Crippen LogP) is 4.14. The monoisotopic (exact) mass is 286 g/mol. The summed E-state index contributed by atoms with van der Waals surface area (Å²) in [5.41, 5.74) is 1.52. The summed E-state index contributed by atoms with van der Waals surface area (Å²) in [6.45, 7) is 6.19. The standard InChI is InChI=1S/C16H18N2OS/c1-11(2)20-14-9-7-13(8-10-14)16(19)18-15-6-4-5-12(3)17-15/h4-11H,1-3H3,(H,17,18,19). The zero-order valence-electron chi connectivity index (χ0n) is 11.9. The molecule has 1 aromatic heterocycles. The molecule has 2 rings (SSSR count). The van der Waals surface area contributed by atoms with E-state index in [2.05, 4.69) is 24.1 Å². The number of hydrogen-bond donors (Lipinski definition) is 1. The van der Waals surface area contributed by atoms with Crippen molar-refractivity contribution >= 4 is 23.5 Å². The highest BCUT2D eigenvalue weighted by Gasteiger charge is 2.07. The van der Waals surface area contributed by atoms with E-state index in [0.717, 1.165) is 5.69 Å². The number of benzene rings is 1. The summed E-state index contributed by atoms with van der Waals surface area (Å²) in [7, 11) is 0. The molecule has 2 aromatic rings. The summed E-state index contributed by atoms with van der Waals surface area (Å²) >= 11 is 1.78. The topological polar surface area (TPSA) is 42.0 Å². The molecule has 4 heteroatoms. The zero-order chi connectivity index (χ0) is 14.5. The van der Waals surface area contributed by atoms with E-state index in [9.17, 15) is 4.79 Å². The lowest BCUT2D eigenvalue weighted by Crippen LogP contribution is -2.13. The van der Waals surface area contributed by atoms with Crippen LogP contribution >= 0.6 is 11.8 Å². The molecule has 0 aliphatic rings. The summed E-state index contributed by atoms with van der Waals surface area (Å²) in [5, 5.41) is 3.34. The Hall–Kier alpha value is -1.81. The number of pyridine rings is 1. The van der Waals surface area contributed by atoms with E-state index >= 15 is 0 Å².